The van der Waals surface area contributed by atoms with Crippen LogP contribution in [-0.2, 0) is 16.3 Å². The number of rotatable bonds is 6. The fraction of sp³-hybridized carbons (Fsp3) is 0.429. The van der Waals surface area contributed by atoms with E-state index in [0.717, 1.165) is 12.0 Å². The molecule has 0 aliphatic heterocycles. The van der Waals surface area contributed by atoms with Crippen molar-refractivity contribution in [3.63, 3.8) is 0 Å². The van der Waals surface area contributed by atoms with Gasteiger partial charge in [0.1, 0.15) is 0 Å². The smallest absolute Gasteiger partial charge is 0.315 e. The molecule has 0 radical (unpaired) electrons. The maximum absolute atomic E-state index is 11.5. The van der Waals surface area contributed by atoms with E-state index in [1.165, 1.54) is 6.26 Å². The molecule has 7 heteroatoms. The number of hydrogen-bond donors (Lipinski definition) is 1. The molecule has 0 saturated carbocycles. The van der Waals surface area contributed by atoms with Crippen LogP contribution in [0.3, 0.4) is 0 Å². The molecule has 1 heterocycles. The fourth-order valence-electron chi connectivity index (χ4n) is 1.97. The number of aromatic nitrogens is 2. The molecule has 114 valence electrons. The topological polar surface area (TPSA) is 85.1 Å². The van der Waals surface area contributed by atoms with Gasteiger partial charge in [0, 0.05) is 12.7 Å². The van der Waals surface area contributed by atoms with Gasteiger partial charge in [-0.2, -0.15) is 0 Å². The predicted octanol–water partition coefficient (Wildman–Crippen LogP) is 2.60. The molecular formula is C14H19N3O3S. The number of benzene rings is 1. The zero-order valence-corrected chi connectivity index (χ0v) is 13.1. The zero-order chi connectivity index (χ0) is 15.5. The molecule has 0 fully saturated rings. The summed E-state index contributed by atoms with van der Waals surface area (Å²) in [5.74, 6) is 0.583. The van der Waals surface area contributed by atoms with Crippen molar-refractivity contribution in [1.82, 2.24) is 10.2 Å². The lowest BCUT2D eigenvalue weighted by Crippen LogP contribution is -2.10. The van der Waals surface area contributed by atoms with E-state index in [4.69, 9.17) is 4.42 Å². The minimum atomic E-state index is -3.17. The minimum Gasteiger partial charge on any atom is -0.408 e. The number of hydrogen-bond acceptors (Lipinski definition) is 6. The lowest BCUT2D eigenvalue weighted by molar-refractivity contribution is 0.503. The Morgan fingerprint density at radius 3 is 2.33 bits per heavy atom. The summed E-state index contributed by atoms with van der Waals surface area (Å²) >= 11 is 0. The van der Waals surface area contributed by atoms with E-state index in [1.807, 2.05) is 13.8 Å². The van der Waals surface area contributed by atoms with E-state index in [1.54, 1.807) is 24.3 Å². The molecule has 0 aliphatic rings. The van der Waals surface area contributed by atoms with Crippen LogP contribution in [0.2, 0.25) is 0 Å². The first-order chi connectivity index (χ1) is 9.94. The normalized spacial score (nSPS) is 13.1. The van der Waals surface area contributed by atoms with E-state index in [-0.39, 0.29) is 6.04 Å². The highest BCUT2D eigenvalue weighted by Gasteiger charge is 2.14. The lowest BCUT2D eigenvalue weighted by Gasteiger charge is -2.16. The van der Waals surface area contributed by atoms with Gasteiger partial charge in [-0.25, -0.2) is 8.42 Å². The predicted molar refractivity (Wildman–Crippen MR) is 79.9 cm³/mol. The second-order valence-electron chi connectivity index (χ2n) is 4.80. The summed E-state index contributed by atoms with van der Waals surface area (Å²) in [7, 11) is -3.17. The first-order valence-electron chi connectivity index (χ1n) is 6.83. The molecule has 0 spiro atoms. The molecule has 1 aromatic heterocycles. The van der Waals surface area contributed by atoms with E-state index in [0.29, 0.717) is 23.2 Å². The summed E-state index contributed by atoms with van der Waals surface area (Å²) in [4.78, 5) is 0.312. The quantitative estimate of drug-likeness (QED) is 0.883. The van der Waals surface area contributed by atoms with E-state index in [2.05, 4.69) is 15.5 Å². The van der Waals surface area contributed by atoms with Gasteiger partial charge in [-0.05, 0) is 24.1 Å². The van der Waals surface area contributed by atoms with Crippen molar-refractivity contribution in [3.05, 3.63) is 35.7 Å². The molecule has 0 bridgehead atoms. The molecule has 0 saturated heterocycles. The fourth-order valence-corrected chi connectivity index (χ4v) is 2.60. The number of nitrogens with one attached hydrogen (secondary N) is 1. The number of anilines is 1. The first-order valence-corrected chi connectivity index (χ1v) is 8.72. The molecule has 0 aliphatic carbocycles. The van der Waals surface area contributed by atoms with Crippen LogP contribution in [-0.4, -0.2) is 24.9 Å². The Bertz CT molecular complexity index is 693. The van der Waals surface area contributed by atoms with Crippen LogP contribution in [0.1, 0.15) is 37.8 Å². The lowest BCUT2D eigenvalue weighted by atomic mass is 10.1. The zero-order valence-electron chi connectivity index (χ0n) is 12.3. The van der Waals surface area contributed by atoms with Crippen LogP contribution in [0.5, 0.6) is 0 Å². The molecule has 1 unspecified atom stereocenters. The van der Waals surface area contributed by atoms with Gasteiger partial charge in [-0.1, -0.05) is 31.1 Å². The summed E-state index contributed by atoms with van der Waals surface area (Å²) in [6, 6.07) is 7.19. The third kappa shape index (κ3) is 3.81. The highest BCUT2D eigenvalue weighted by Crippen LogP contribution is 2.23. The van der Waals surface area contributed by atoms with Gasteiger partial charge in [0.2, 0.25) is 5.89 Å². The number of sulfone groups is 1. The maximum Gasteiger partial charge on any atom is 0.315 e. The average Bonchev–Trinajstić information content (AvgIpc) is 2.92. The third-order valence-electron chi connectivity index (χ3n) is 3.19. The summed E-state index contributed by atoms with van der Waals surface area (Å²) in [6.07, 6.45) is 2.69. The van der Waals surface area contributed by atoms with Gasteiger partial charge in [-0.3, -0.25) is 0 Å². The molecule has 2 aromatic rings. The Kier molecular flexibility index (Phi) is 4.62. The Labute approximate surface area is 124 Å². The SMILES string of the molecule is CCc1nnc(NC(CC)c2ccc(S(C)(=O)=O)cc2)o1. The first kappa shape index (κ1) is 15.5. The molecule has 1 atom stereocenters. The highest BCUT2D eigenvalue weighted by atomic mass is 32.2. The van der Waals surface area contributed by atoms with Crippen molar-refractivity contribution in [3.8, 4) is 0 Å². The Morgan fingerprint density at radius 1 is 1.19 bits per heavy atom. The summed E-state index contributed by atoms with van der Waals surface area (Å²) in [5, 5.41) is 11.0. The molecule has 1 N–H and O–H groups in total. The Hall–Kier alpha value is -1.89. The van der Waals surface area contributed by atoms with Crippen molar-refractivity contribution in [2.45, 2.75) is 37.6 Å². The van der Waals surface area contributed by atoms with Crippen molar-refractivity contribution >= 4 is 15.9 Å². The van der Waals surface area contributed by atoms with Crippen LogP contribution in [0.4, 0.5) is 6.01 Å². The molecule has 2 rings (SSSR count). The second kappa shape index (κ2) is 6.26. The van der Waals surface area contributed by atoms with Gasteiger partial charge in [0.15, 0.2) is 9.84 Å². The van der Waals surface area contributed by atoms with Crippen molar-refractivity contribution in [2.24, 2.45) is 0 Å². The van der Waals surface area contributed by atoms with Gasteiger partial charge in [-0.15, -0.1) is 5.10 Å². The van der Waals surface area contributed by atoms with Crippen LogP contribution >= 0.6 is 0 Å². The summed E-state index contributed by atoms with van der Waals surface area (Å²) < 4.78 is 28.4. The van der Waals surface area contributed by atoms with Gasteiger partial charge >= 0.3 is 6.01 Å². The largest absolute Gasteiger partial charge is 0.408 e. The number of aryl methyl sites for hydroxylation is 1. The van der Waals surface area contributed by atoms with Crippen molar-refractivity contribution in [1.29, 1.82) is 0 Å². The molecule has 0 amide bonds. The Morgan fingerprint density at radius 2 is 1.86 bits per heavy atom. The van der Waals surface area contributed by atoms with Crippen LogP contribution in [0.15, 0.2) is 33.6 Å². The minimum absolute atomic E-state index is 0.0104. The van der Waals surface area contributed by atoms with Crippen LogP contribution < -0.4 is 5.32 Å². The monoisotopic (exact) mass is 309 g/mol. The van der Waals surface area contributed by atoms with E-state index >= 15 is 0 Å². The molecular weight excluding hydrogens is 290 g/mol. The molecule has 21 heavy (non-hydrogen) atoms. The van der Waals surface area contributed by atoms with Gasteiger partial charge < -0.3 is 9.73 Å². The molecule has 6 nitrogen and oxygen atoms in total. The standard InChI is InChI=1S/C14H19N3O3S/c1-4-12(15-14-17-16-13(5-2)20-14)10-6-8-11(9-7-10)21(3,18)19/h6-9,12H,4-5H2,1-3H3,(H,15,17). The van der Waals surface area contributed by atoms with Crippen LogP contribution in [0.25, 0.3) is 0 Å². The summed E-state index contributed by atoms with van der Waals surface area (Å²) in [5.41, 5.74) is 0.973. The average molecular weight is 309 g/mol. The Balaban J connectivity index is 2.17. The van der Waals surface area contributed by atoms with Gasteiger partial charge in [0.25, 0.3) is 0 Å². The van der Waals surface area contributed by atoms with E-state index in [9.17, 15) is 8.42 Å². The van der Waals surface area contributed by atoms with Gasteiger partial charge in [0.05, 0.1) is 10.9 Å². The van der Waals surface area contributed by atoms with Crippen molar-refractivity contribution in [2.75, 3.05) is 11.6 Å². The second-order valence-corrected chi connectivity index (χ2v) is 6.82. The van der Waals surface area contributed by atoms with E-state index < -0.39 is 9.84 Å². The summed E-state index contributed by atoms with van der Waals surface area (Å²) in [6.45, 7) is 3.97. The third-order valence-corrected chi connectivity index (χ3v) is 4.31. The maximum atomic E-state index is 11.5. The van der Waals surface area contributed by atoms with Crippen molar-refractivity contribution < 1.29 is 12.8 Å². The highest BCUT2D eigenvalue weighted by molar-refractivity contribution is 7.90. The number of nitrogens with zero attached hydrogens (tertiary/aromatic N) is 2. The van der Waals surface area contributed by atoms with Crippen LogP contribution in [0, 0.1) is 0 Å². The molecule has 1 aromatic carbocycles.